The summed E-state index contributed by atoms with van der Waals surface area (Å²) >= 11 is 0. The minimum absolute atomic E-state index is 0.0108. The number of nitrogens with zero attached hydrogens (tertiary/aromatic N) is 1. The number of carbonyl (C=O) groups is 3. The molecule has 140 valence electrons. The number of hydrogen-bond donors (Lipinski definition) is 3. The van der Waals surface area contributed by atoms with E-state index in [1.807, 2.05) is 16.9 Å². The van der Waals surface area contributed by atoms with Gasteiger partial charge in [0.2, 0.25) is 10.0 Å². The lowest BCUT2D eigenvalue weighted by atomic mass is 10.2. The van der Waals surface area contributed by atoms with E-state index in [1.54, 1.807) is 24.3 Å². The summed E-state index contributed by atoms with van der Waals surface area (Å²) in [6.45, 7) is -0.522. The van der Waals surface area contributed by atoms with Crippen LogP contribution in [0, 0.1) is 0 Å². The lowest BCUT2D eigenvalue weighted by Gasteiger charge is -2.14. The van der Waals surface area contributed by atoms with Gasteiger partial charge in [-0.05, 0) is 24.5 Å². The van der Waals surface area contributed by atoms with Crippen molar-refractivity contribution in [3.05, 3.63) is 41.3 Å². The van der Waals surface area contributed by atoms with Crippen molar-refractivity contribution < 1.29 is 22.8 Å². The summed E-state index contributed by atoms with van der Waals surface area (Å²) in [4.78, 5) is 34.6. The third-order valence-corrected chi connectivity index (χ3v) is 4.94. The number of benzene rings is 1. The van der Waals surface area contributed by atoms with Gasteiger partial charge in [-0.1, -0.05) is 30.3 Å². The van der Waals surface area contributed by atoms with Crippen LogP contribution in [0.1, 0.15) is 18.4 Å². The Hall–Kier alpha value is -2.72. The molecule has 0 bridgehead atoms. The maximum atomic E-state index is 12.1. The van der Waals surface area contributed by atoms with Gasteiger partial charge in [0.05, 0.1) is 6.54 Å². The van der Waals surface area contributed by atoms with Crippen molar-refractivity contribution in [1.82, 2.24) is 20.5 Å². The Labute approximate surface area is 151 Å². The number of sulfonamides is 1. The number of amides is 3. The Morgan fingerprint density at radius 1 is 1.12 bits per heavy atom. The molecule has 9 nitrogen and oxygen atoms in total. The molecule has 3 N–H and O–H groups in total. The van der Waals surface area contributed by atoms with Gasteiger partial charge in [0, 0.05) is 18.5 Å². The summed E-state index contributed by atoms with van der Waals surface area (Å²) in [6.07, 6.45) is 3.06. The Morgan fingerprint density at radius 2 is 1.77 bits per heavy atom. The number of rotatable bonds is 6. The van der Waals surface area contributed by atoms with Gasteiger partial charge in [0.25, 0.3) is 5.91 Å². The van der Waals surface area contributed by atoms with Crippen LogP contribution in [0.15, 0.2) is 35.7 Å². The highest BCUT2D eigenvalue weighted by Gasteiger charge is 2.26. The third kappa shape index (κ3) is 6.30. The van der Waals surface area contributed by atoms with Crippen LogP contribution >= 0.6 is 0 Å². The standard InChI is InChI=1S/C16H20N4O5S/c1-20(26(24,25)10-9-12-5-3-2-4-6-12)11-14(21)18-19-16(23)15(22)17-13-7-8-13/h2-6,9-10,13H,7-8,11H2,1H3,(H,17,22)(H,18,21)(H,19,23)/b10-9+. The summed E-state index contributed by atoms with van der Waals surface area (Å²) in [6, 6.07) is 8.83. The van der Waals surface area contributed by atoms with E-state index in [1.165, 1.54) is 13.1 Å². The van der Waals surface area contributed by atoms with Gasteiger partial charge < -0.3 is 5.32 Å². The van der Waals surface area contributed by atoms with Crippen LogP contribution in [0.4, 0.5) is 0 Å². The van der Waals surface area contributed by atoms with Crippen molar-refractivity contribution in [2.45, 2.75) is 18.9 Å². The fraction of sp³-hybridized carbons (Fsp3) is 0.312. The molecule has 0 radical (unpaired) electrons. The minimum atomic E-state index is -3.82. The van der Waals surface area contributed by atoms with E-state index in [-0.39, 0.29) is 6.04 Å². The lowest BCUT2D eigenvalue weighted by molar-refractivity contribution is -0.141. The molecule has 26 heavy (non-hydrogen) atoms. The van der Waals surface area contributed by atoms with Crippen LogP contribution in [-0.4, -0.2) is 50.1 Å². The van der Waals surface area contributed by atoms with Crippen molar-refractivity contribution in [1.29, 1.82) is 0 Å². The van der Waals surface area contributed by atoms with E-state index in [2.05, 4.69) is 5.32 Å². The number of hydrogen-bond acceptors (Lipinski definition) is 5. The first-order chi connectivity index (χ1) is 12.3. The number of carbonyl (C=O) groups excluding carboxylic acids is 3. The van der Waals surface area contributed by atoms with Crippen LogP contribution in [0.3, 0.4) is 0 Å². The van der Waals surface area contributed by atoms with Crippen molar-refractivity contribution in [2.75, 3.05) is 13.6 Å². The molecular weight excluding hydrogens is 360 g/mol. The molecule has 0 atom stereocenters. The van der Waals surface area contributed by atoms with Crippen molar-refractivity contribution in [3.8, 4) is 0 Å². The lowest BCUT2D eigenvalue weighted by Crippen LogP contribution is -2.51. The van der Waals surface area contributed by atoms with Gasteiger partial charge in [0.15, 0.2) is 0 Å². The van der Waals surface area contributed by atoms with Gasteiger partial charge in [-0.3, -0.25) is 25.2 Å². The van der Waals surface area contributed by atoms with Gasteiger partial charge in [-0.25, -0.2) is 8.42 Å². The molecule has 1 fully saturated rings. The Bertz CT molecular complexity index is 803. The molecule has 0 saturated heterocycles. The maximum Gasteiger partial charge on any atom is 0.327 e. The molecule has 10 heteroatoms. The highest BCUT2D eigenvalue weighted by Crippen LogP contribution is 2.18. The summed E-state index contributed by atoms with van der Waals surface area (Å²) < 4.78 is 25.1. The quantitative estimate of drug-likeness (QED) is 0.447. The first-order valence-electron chi connectivity index (χ1n) is 7.87. The Morgan fingerprint density at radius 3 is 2.38 bits per heavy atom. The molecule has 0 spiro atoms. The summed E-state index contributed by atoms with van der Waals surface area (Å²) in [5, 5.41) is 3.44. The molecule has 3 amide bonds. The predicted octanol–water partition coefficient (Wildman–Crippen LogP) is -0.655. The zero-order chi connectivity index (χ0) is 19.2. The van der Waals surface area contributed by atoms with Crippen LogP contribution in [0.2, 0.25) is 0 Å². The second-order valence-electron chi connectivity index (χ2n) is 5.76. The highest BCUT2D eigenvalue weighted by molar-refractivity contribution is 7.92. The van der Waals surface area contributed by atoms with Crippen LogP contribution in [0.5, 0.6) is 0 Å². The van der Waals surface area contributed by atoms with E-state index in [0.717, 1.165) is 22.6 Å². The normalized spacial score (nSPS) is 14.2. The molecule has 1 aromatic carbocycles. The second-order valence-corrected chi connectivity index (χ2v) is 7.69. The second kappa shape index (κ2) is 8.59. The molecule has 0 unspecified atom stereocenters. The van der Waals surface area contributed by atoms with Crippen LogP contribution < -0.4 is 16.2 Å². The van der Waals surface area contributed by atoms with Crippen LogP contribution in [-0.2, 0) is 24.4 Å². The fourth-order valence-corrected chi connectivity index (χ4v) is 2.66. The predicted molar refractivity (Wildman–Crippen MR) is 94.5 cm³/mol. The third-order valence-electron chi connectivity index (χ3n) is 3.47. The van der Waals surface area contributed by atoms with E-state index < -0.39 is 34.3 Å². The number of likely N-dealkylation sites (N-methyl/N-ethyl adjacent to an activating group) is 1. The van der Waals surface area contributed by atoms with E-state index in [9.17, 15) is 22.8 Å². The van der Waals surface area contributed by atoms with Crippen LogP contribution in [0.25, 0.3) is 6.08 Å². The minimum Gasteiger partial charge on any atom is -0.345 e. The van der Waals surface area contributed by atoms with E-state index >= 15 is 0 Å². The van der Waals surface area contributed by atoms with Gasteiger partial charge in [-0.2, -0.15) is 4.31 Å². The molecule has 0 heterocycles. The highest BCUT2D eigenvalue weighted by atomic mass is 32.2. The Kier molecular flexibility index (Phi) is 6.47. The zero-order valence-electron chi connectivity index (χ0n) is 14.1. The SMILES string of the molecule is CN(CC(=O)NNC(=O)C(=O)NC1CC1)S(=O)(=O)/C=C/c1ccccc1. The molecule has 2 rings (SSSR count). The molecular formula is C16H20N4O5S. The summed E-state index contributed by atoms with van der Waals surface area (Å²) in [5.41, 5.74) is 4.64. The smallest absolute Gasteiger partial charge is 0.327 e. The average molecular weight is 380 g/mol. The fourth-order valence-electron chi connectivity index (χ4n) is 1.83. The first kappa shape index (κ1) is 19.6. The van der Waals surface area contributed by atoms with Crippen molar-refractivity contribution in [2.24, 2.45) is 0 Å². The molecule has 1 aromatic rings. The van der Waals surface area contributed by atoms with E-state index in [4.69, 9.17) is 0 Å². The summed E-state index contributed by atoms with van der Waals surface area (Å²) in [5.74, 6) is -2.64. The number of nitrogens with one attached hydrogen (secondary N) is 3. The van der Waals surface area contributed by atoms with E-state index in [0.29, 0.717) is 5.56 Å². The molecule has 0 aromatic heterocycles. The number of hydrazine groups is 1. The topological polar surface area (TPSA) is 125 Å². The first-order valence-corrected chi connectivity index (χ1v) is 9.37. The average Bonchev–Trinajstić information content (AvgIpc) is 3.42. The van der Waals surface area contributed by atoms with Gasteiger partial charge in [0.1, 0.15) is 0 Å². The molecule has 1 aliphatic rings. The van der Waals surface area contributed by atoms with Gasteiger partial charge >= 0.3 is 11.8 Å². The monoisotopic (exact) mass is 380 g/mol. The Balaban J connectivity index is 1.80. The molecule has 0 aliphatic heterocycles. The van der Waals surface area contributed by atoms with Crippen molar-refractivity contribution >= 4 is 33.8 Å². The van der Waals surface area contributed by atoms with Crippen molar-refractivity contribution in [3.63, 3.8) is 0 Å². The maximum absolute atomic E-state index is 12.1. The molecule has 1 aliphatic carbocycles. The zero-order valence-corrected chi connectivity index (χ0v) is 15.0. The summed E-state index contributed by atoms with van der Waals surface area (Å²) in [7, 11) is -2.59. The largest absolute Gasteiger partial charge is 0.345 e. The molecule has 1 saturated carbocycles. The van der Waals surface area contributed by atoms with Gasteiger partial charge in [-0.15, -0.1) is 0 Å².